The van der Waals surface area contributed by atoms with Gasteiger partial charge in [-0.15, -0.1) is 0 Å². The summed E-state index contributed by atoms with van der Waals surface area (Å²) >= 11 is 0. The van der Waals surface area contributed by atoms with Crippen molar-refractivity contribution in [2.75, 3.05) is 13.1 Å². The highest BCUT2D eigenvalue weighted by Crippen LogP contribution is 2.32. The predicted molar refractivity (Wildman–Crippen MR) is 81.5 cm³/mol. The molecule has 3 rings (SSSR count). The zero-order valence-electron chi connectivity index (χ0n) is 11.8. The maximum absolute atomic E-state index is 10.1. The van der Waals surface area contributed by atoms with Crippen molar-refractivity contribution in [2.24, 2.45) is 5.92 Å². The standard InChI is InChI=1S/C18H21NO/c1-14-12-19(13-17(14)20)18(15-8-4-2-5-9-15)16-10-6-3-7-11-16/h2-11,14,17-18,20H,12-13H2,1H3. The van der Waals surface area contributed by atoms with Crippen LogP contribution in [0.15, 0.2) is 60.7 Å². The molecule has 1 heterocycles. The average molecular weight is 267 g/mol. The lowest BCUT2D eigenvalue weighted by Crippen LogP contribution is -2.28. The van der Waals surface area contributed by atoms with Crippen molar-refractivity contribution in [2.45, 2.75) is 19.1 Å². The van der Waals surface area contributed by atoms with Gasteiger partial charge in [-0.3, -0.25) is 4.90 Å². The van der Waals surface area contributed by atoms with Crippen molar-refractivity contribution in [3.63, 3.8) is 0 Å². The average Bonchev–Trinajstić information content (AvgIpc) is 2.81. The van der Waals surface area contributed by atoms with Gasteiger partial charge in [0.2, 0.25) is 0 Å². The topological polar surface area (TPSA) is 23.5 Å². The van der Waals surface area contributed by atoms with Gasteiger partial charge in [0.25, 0.3) is 0 Å². The van der Waals surface area contributed by atoms with Crippen molar-refractivity contribution < 1.29 is 5.11 Å². The van der Waals surface area contributed by atoms with Crippen molar-refractivity contribution in [3.05, 3.63) is 71.8 Å². The third-order valence-corrected chi connectivity index (χ3v) is 4.20. The van der Waals surface area contributed by atoms with Gasteiger partial charge in [0.1, 0.15) is 0 Å². The molecule has 2 aromatic rings. The van der Waals surface area contributed by atoms with Crippen LogP contribution in [0.3, 0.4) is 0 Å². The van der Waals surface area contributed by atoms with Crippen LogP contribution in [0.25, 0.3) is 0 Å². The van der Waals surface area contributed by atoms with E-state index in [9.17, 15) is 5.11 Å². The Morgan fingerprint density at radius 2 is 1.40 bits per heavy atom. The molecule has 1 N–H and O–H groups in total. The van der Waals surface area contributed by atoms with Crippen LogP contribution in [0.5, 0.6) is 0 Å². The zero-order chi connectivity index (χ0) is 13.9. The molecule has 0 radical (unpaired) electrons. The van der Waals surface area contributed by atoms with Gasteiger partial charge >= 0.3 is 0 Å². The molecule has 1 fully saturated rings. The predicted octanol–water partition coefficient (Wildman–Crippen LogP) is 3.09. The normalized spacial score (nSPS) is 23.4. The lowest BCUT2D eigenvalue weighted by Gasteiger charge is -2.28. The Balaban J connectivity index is 1.97. The largest absolute Gasteiger partial charge is 0.391 e. The fourth-order valence-corrected chi connectivity index (χ4v) is 3.08. The highest BCUT2D eigenvalue weighted by Gasteiger charge is 2.33. The summed E-state index contributed by atoms with van der Waals surface area (Å²) in [5, 5.41) is 10.1. The minimum absolute atomic E-state index is 0.218. The molecule has 2 aromatic carbocycles. The van der Waals surface area contributed by atoms with Gasteiger partial charge in [0, 0.05) is 13.1 Å². The third kappa shape index (κ3) is 2.62. The molecule has 0 spiro atoms. The van der Waals surface area contributed by atoms with Crippen LogP contribution in [0, 0.1) is 5.92 Å². The minimum atomic E-state index is -0.218. The number of rotatable bonds is 3. The number of hydrogen-bond donors (Lipinski definition) is 1. The Bertz CT molecular complexity index is 490. The summed E-state index contributed by atoms with van der Waals surface area (Å²) < 4.78 is 0. The van der Waals surface area contributed by atoms with Gasteiger partial charge in [0.05, 0.1) is 12.1 Å². The van der Waals surface area contributed by atoms with E-state index in [1.807, 2.05) is 12.1 Å². The number of aliphatic hydroxyl groups excluding tert-OH is 1. The number of β-amino-alcohol motifs (C(OH)–C–C–N with tert-alkyl or cyclic N) is 1. The molecule has 2 unspecified atom stereocenters. The molecule has 0 bridgehead atoms. The van der Waals surface area contributed by atoms with Gasteiger partial charge in [-0.1, -0.05) is 67.6 Å². The van der Waals surface area contributed by atoms with Crippen LogP contribution in [0.2, 0.25) is 0 Å². The van der Waals surface area contributed by atoms with Gasteiger partial charge in [-0.05, 0) is 17.0 Å². The molecular formula is C18H21NO. The molecule has 104 valence electrons. The first-order valence-corrected chi connectivity index (χ1v) is 7.27. The maximum Gasteiger partial charge on any atom is 0.0705 e. The van der Waals surface area contributed by atoms with Crippen LogP contribution in [-0.4, -0.2) is 29.2 Å². The lowest BCUT2D eigenvalue weighted by molar-refractivity contribution is 0.144. The number of benzene rings is 2. The van der Waals surface area contributed by atoms with Gasteiger partial charge < -0.3 is 5.11 Å². The van der Waals surface area contributed by atoms with Crippen LogP contribution in [0.4, 0.5) is 0 Å². The first kappa shape index (κ1) is 13.3. The SMILES string of the molecule is CC1CN(C(c2ccccc2)c2ccccc2)CC1O. The molecule has 1 saturated heterocycles. The van der Waals surface area contributed by atoms with E-state index in [4.69, 9.17) is 0 Å². The Kier molecular flexibility index (Phi) is 3.86. The van der Waals surface area contributed by atoms with E-state index in [2.05, 4.69) is 60.4 Å². The molecular weight excluding hydrogens is 246 g/mol. The van der Waals surface area contributed by atoms with Crippen molar-refractivity contribution in [1.82, 2.24) is 4.90 Å². The molecule has 0 aliphatic carbocycles. The molecule has 0 aromatic heterocycles. The molecule has 1 aliphatic heterocycles. The van der Waals surface area contributed by atoms with Crippen LogP contribution in [0.1, 0.15) is 24.1 Å². The van der Waals surface area contributed by atoms with Gasteiger partial charge in [-0.2, -0.15) is 0 Å². The molecule has 0 amide bonds. The molecule has 1 aliphatic rings. The van der Waals surface area contributed by atoms with E-state index in [0.717, 1.165) is 13.1 Å². The highest BCUT2D eigenvalue weighted by atomic mass is 16.3. The first-order valence-electron chi connectivity index (χ1n) is 7.27. The quantitative estimate of drug-likeness (QED) is 0.923. The minimum Gasteiger partial charge on any atom is -0.391 e. The van der Waals surface area contributed by atoms with E-state index in [1.165, 1.54) is 11.1 Å². The summed E-state index contributed by atoms with van der Waals surface area (Å²) in [6.07, 6.45) is -0.218. The van der Waals surface area contributed by atoms with E-state index in [-0.39, 0.29) is 12.1 Å². The third-order valence-electron chi connectivity index (χ3n) is 4.20. The zero-order valence-corrected chi connectivity index (χ0v) is 11.8. The fourth-order valence-electron chi connectivity index (χ4n) is 3.08. The first-order chi connectivity index (χ1) is 9.75. The number of likely N-dealkylation sites (tertiary alicyclic amines) is 1. The second kappa shape index (κ2) is 5.78. The van der Waals surface area contributed by atoms with Crippen LogP contribution < -0.4 is 0 Å². The monoisotopic (exact) mass is 267 g/mol. The summed E-state index contributed by atoms with van der Waals surface area (Å²) in [5.74, 6) is 0.338. The maximum atomic E-state index is 10.1. The van der Waals surface area contributed by atoms with Crippen LogP contribution >= 0.6 is 0 Å². The summed E-state index contributed by atoms with van der Waals surface area (Å²) in [4.78, 5) is 2.39. The second-order valence-electron chi connectivity index (χ2n) is 5.72. The number of hydrogen-bond acceptors (Lipinski definition) is 2. The fraction of sp³-hybridized carbons (Fsp3) is 0.333. The Morgan fingerprint density at radius 1 is 0.900 bits per heavy atom. The molecule has 20 heavy (non-hydrogen) atoms. The van der Waals surface area contributed by atoms with Gasteiger partial charge in [-0.25, -0.2) is 0 Å². The summed E-state index contributed by atoms with van der Waals surface area (Å²) in [5.41, 5.74) is 2.58. The molecule has 2 nitrogen and oxygen atoms in total. The Hall–Kier alpha value is -1.64. The molecule has 2 heteroatoms. The number of aliphatic hydroxyl groups is 1. The Morgan fingerprint density at radius 3 is 1.80 bits per heavy atom. The Labute approximate surface area is 120 Å². The van der Waals surface area contributed by atoms with Crippen molar-refractivity contribution in [1.29, 1.82) is 0 Å². The van der Waals surface area contributed by atoms with E-state index < -0.39 is 0 Å². The van der Waals surface area contributed by atoms with Gasteiger partial charge in [0.15, 0.2) is 0 Å². The lowest BCUT2D eigenvalue weighted by atomic mass is 9.97. The summed E-state index contributed by atoms with van der Waals surface area (Å²) in [6, 6.07) is 21.4. The van der Waals surface area contributed by atoms with E-state index in [1.54, 1.807) is 0 Å². The summed E-state index contributed by atoms with van der Waals surface area (Å²) in [6.45, 7) is 3.81. The number of nitrogens with zero attached hydrogens (tertiary/aromatic N) is 1. The van der Waals surface area contributed by atoms with Crippen LogP contribution in [-0.2, 0) is 0 Å². The van der Waals surface area contributed by atoms with Crippen molar-refractivity contribution >= 4 is 0 Å². The highest BCUT2D eigenvalue weighted by molar-refractivity contribution is 5.32. The smallest absolute Gasteiger partial charge is 0.0705 e. The van der Waals surface area contributed by atoms with E-state index in [0.29, 0.717) is 5.92 Å². The molecule has 0 saturated carbocycles. The van der Waals surface area contributed by atoms with E-state index >= 15 is 0 Å². The second-order valence-corrected chi connectivity index (χ2v) is 5.72. The van der Waals surface area contributed by atoms with Crippen molar-refractivity contribution in [3.8, 4) is 0 Å². The molecule has 2 atom stereocenters. The summed E-state index contributed by atoms with van der Waals surface area (Å²) in [7, 11) is 0.